The van der Waals surface area contributed by atoms with Crippen LogP contribution < -0.4 is 14.8 Å². The summed E-state index contributed by atoms with van der Waals surface area (Å²) < 4.78 is 24.1. The van der Waals surface area contributed by atoms with Crippen LogP contribution in [0.25, 0.3) is 6.08 Å². The van der Waals surface area contributed by atoms with E-state index in [1.807, 2.05) is 0 Å². The number of amides is 3. The highest BCUT2D eigenvalue weighted by molar-refractivity contribution is 9.10. The molecule has 1 aliphatic heterocycles. The maximum absolute atomic E-state index is 13.0. The second-order valence-electron chi connectivity index (χ2n) is 6.06. The maximum Gasteiger partial charge on any atom is 0.294 e. The number of hydrogen-bond acceptors (Lipinski definition) is 6. The van der Waals surface area contributed by atoms with E-state index in [1.54, 1.807) is 12.1 Å². The molecule has 1 fully saturated rings. The summed E-state index contributed by atoms with van der Waals surface area (Å²) in [4.78, 5) is 38.1. The minimum absolute atomic E-state index is 0.175. The van der Waals surface area contributed by atoms with Crippen molar-refractivity contribution < 1.29 is 28.2 Å². The first-order valence-corrected chi connectivity index (χ1v) is 10.2. The molecule has 0 atom stereocenters. The fraction of sp³-hybridized carbons (Fsp3) is 0.150. The molecule has 2 aromatic carbocycles. The summed E-state index contributed by atoms with van der Waals surface area (Å²) in [6, 6.07) is 8.54. The van der Waals surface area contributed by atoms with E-state index >= 15 is 0 Å². The van der Waals surface area contributed by atoms with Crippen LogP contribution in [0.1, 0.15) is 5.56 Å². The van der Waals surface area contributed by atoms with Gasteiger partial charge in [-0.1, -0.05) is 0 Å². The molecule has 0 bridgehead atoms. The highest BCUT2D eigenvalue weighted by Gasteiger charge is 2.36. The fourth-order valence-corrected chi connectivity index (χ4v) is 4.15. The van der Waals surface area contributed by atoms with E-state index in [2.05, 4.69) is 21.2 Å². The number of anilines is 1. The number of rotatable bonds is 6. The van der Waals surface area contributed by atoms with Gasteiger partial charge in [0.15, 0.2) is 11.5 Å². The van der Waals surface area contributed by atoms with Gasteiger partial charge in [0.1, 0.15) is 12.4 Å². The Morgan fingerprint density at radius 3 is 2.53 bits per heavy atom. The predicted octanol–water partition coefficient (Wildman–Crippen LogP) is 4.28. The molecule has 1 N–H and O–H groups in total. The molecule has 30 heavy (non-hydrogen) atoms. The lowest BCUT2D eigenvalue weighted by Gasteiger charge is -2.12. The number of benzene rings is 2. The fourth-order valence-electron chi connectivity index (χ4n) is 2.69. The molecule has 10 heteroatoms. The molecule has 3 rings (SSSR count). The van der Waals surface area contributed by atoms with Crippen LogP contribution in [-0.2, 0) is 9.59 Å². The number of hydrogen-bond donors (Lipinski definition) is 1. The van der Waals surface area contributed by atoms with E-state index in [0.717, 1.165) is 16.7 Å². The first-order chi connectivity index (χ1) is 14.3. The van der Waals surface area contributed by atoms with Crippen molar-refractivity contribution >= 4 is 56.5 Å². The molecule has 0 aromatic heterocycles. The summed E-state index contributed by atoms with van der Waals surface area (Å²) in [5.41, 5.74) is 0.972. The molecule has 0 aliphatic carbocycles. The van der Waals surface area contributed by atoms with E-state index in [-0.39, 0.29) is 4.91 Å². The van der Waals surface area contributed by atoms with Crippen molar-refractivity contribution in [2.45, 2.75) is 0 Å². The minimum atomic E-state index is -0.579. The number of carbonyl (C=O) groups is 3. The second-order valence-corrected chi connectivity index (χ2v) is 7.91. The quantitative estimate of drug-likeness (QED) is 0.603. The van der Waals surface area contributed by atoms with Crippen molar-refractivity contribution in [3.8, 4) is 11.5 Å². The number of thioether (sulfide) groups is 1. The third-order valence-electron chi connectivity index (χ3n) is 4.06. The lowest BCUT2D eigenvalue weighted by molar-refractivity contribution is -0.127. The zero-order chi connectivity index (χ0) is 21.8. The Labute approximate surface area is 184 Å². The van der Waals surface area contributed by atoms with Gasteiger partial charge in [0.05, 0.1) is 23.6 Å². The molecular formula is C20H16BrFN2O5S. The number of carbonyl (C=O) groups excluding carboxylic acids is 3. The molecule has 0 saturated carbocycles. The lowest BCUT2D eigenvalue weighted by atomic mass is 10.2. The average Bonchev–Trinajstić information content (AvgIpc) is 2.96. The monoisotopic (exact) mass is 494 g/mol. The standard InChI is InChI=1S/C20H16BrFN2O5S/c1-28-15-8-11(7-14(21)18(15)29-2)9-16-19(26)24(20(27)30-16)10-17(25)23-13-5-3-12(22)4-6-13/h3-9H,10H2,1-2H3,(H,23,25)/b16-9-. The Morgan fingerprint density at radius 1 is 1.20 bits per heavy atom. The minimum Gasteiger partial charge on any atom is -0.493 e. The molecule has 7 nitrogen and oxygen atoms in total. The van der Waals surface area contributed by atoms with Gasteiger partial charge in [0, 0.05) is 5.69 Å². The first-order valence-electron chi connectivity index (χ1n) is 8.54. The molecule has 3 amide bonds. The van der Waals surface area contributed by atoms with Crippen LogP contribution in [-0.4, -0.2) is 42.7 Å². The Morgan fingerprint density at radius 2 is 1.90 bits per heavy atom. The van der Waals surface area contributed by atoms with Crippen molar-refractivity contribution in [3.05, 3.63) is 57.2 Å². The van der Waals surface area contributed by atoms with Crippen molar-refractivity contribution in [1.82, 2.24) is 4.90 Å². The van der Waals surface area contributed by atoms with Gasteiger partial charge in [0.25, 0.3) is 11.1 Å². The molecule has 1 aliphatic rings. The average molecular weight is 495 g/mol. The summed E-state index contributed by atoms with van der Waals surface area (Å²) in [6.07, 6.45) is 1.54. The van der Waals surface area contributed by atoms with E-state index < -0.39 is 29.4 Å². The normalized spacial score (nSPS) is 14.9. The molecule has 0 spiro atoms. The van der Waals surface area contributed by atoms with Gasteiger partial charge in [-0.05, 0) is 75.7 Å². The predicted molar refractivity (Wildman–Crippen MR) is 115 cm³/mol. The van der Waals surface area contributed by atoms with Crippen LogP contribution in [0.5, 0.6) is 11.5 Å². The Hall–Kier alpha value is -2.85. The zero-order valence-electron chi connectivity index (χ0n) is 15.9. The molecule has 0 radical (unpaired) electrons. The number of methoxy groups -OCH3 is 2. The Balaban J connectivity index is 1.75. The number of nitrogens with one attached hydrogen (secondary N) is 1. The third kappa shape index (κ3) is 4.82. The van der Waals surface area contributed by atoms with Gasteiger partial charge in [-0.15, -0.1) is 0 Å². The van der Waals surface area contributed by atoms with Crippen molar-refractivity contribution in [2.75, 3.05) is 26.1 Å². The van der Waals surface area contributed by atoms with E-state index in [0.29, 0.717) is 27.2 Å². The molecule has 1 heterocycles. The van der Waals surface area contributed by atoms with E-state index in [1.165, 1.54) is 44.6 Å². The summed E-state index contributed by atoms with van der Waals surface area (Å²) >= 11 is 4.11. The molecule has 156 valence electrons. The largest absolute Gasteiger partial charge is 0.493 e. The Bertz CT molecular complexity index is 1040. The van der Waals surface area contributed by atoms with E-state index in [4.69, 9.17) is 9.47 Å². The number of imide groups is 1. The van der Waals surface area contributed by atoms with Crippen LogP contribution in [0.4, 0.5) is 14.9 Å². The highest BCUT2D eigenvalue weighted by atomic mass is 79.9. The maximum atomic E-state index is 13.0. The highest BCUT2D eigenvalue weighted by Crippen LogP contribution is 2.38. The second kappa shape index (κ2) is 9.31. The van der Waals surface area contributed by atoms with Crippen molar-refractivity contribution in [3.63, 3.8) is 0 Å². The summed E-state index contributed by atoms with van der Waals surface area (Å²) in [5.74, 6) is -0.633. The van der Waals surface area contributed by atoms with Gasteiger partial charge in [-0.25, -0.2) is 4.39 Å². The SMILES string of the molecule is COc1cc(/C=C2\SC(=O)N(CC(=O)Nc3ccc(F)cc3)C2=O)cc(Br)c1OC. The van der Waals surface area contributed by atoms with Crippen LogP contribution in [0.15, 0.2) is 45.8 Å². The van der Waals surface area contributed by atoms with Gasteiger partial charge in [-0.3, -0.25) is 19.3 Å². The molecule has 0 unspecified atom stereocenters. The van der Waals surface area contributed by atoms with Crippen LogP contribution in [0, 0.1) is 5.82 Å². The van der Waals surface area contributed by atoms with Gasteiger partial charge < -0.3 is 14.8 Å². The van der Waals surface area contributed by atoms with Crippen molar-refractivity contribution in [2.24, 2.45) is 0 Å². The molecule has 2 aromatic rings. The number of halogens is 2. The summed E-state index contributed by atoms with van der Waals surface area (Å²) in [5, 5.41) is 1.96. The summed E-state index contributed by atoms with van der Waals surface area (Å²) in [7, 11) is 2.99. The van der Waals surface area contributed by atoms with Crippen molar-refractivity contribution in [1.29, 1.82) is 0 Å². The van der Waals surface area contributed by atoms with Gasteiger partial charge >= 0.3 is 0 Å². The van der Waals surface area contributed by atoms with Crippen LogP contribution in [0.3, 0.4) is 0 Å². The molecular weight excluding hydrogens is 479 g/mol. The molecule has 1 saturated heterocycles. The summed E-state index contributed by atoms with van der Waals surface area (Å²) in [6.45, 7) is -0.449. The van der Waals surface area contributed by atoms with Crippen LogP contribution >= 0.6 is 27.7 Å². The first kappa shape index (κ1) is 21.8. The van der Waals surface area contributed by atoms with Gasteiger partial charge in [-0.2, -0.15) is 0 Å². The Kier molecular flexibility index (Phi) is 6.78. The number of ether oxygens (including phenoxy) is 2. The van der Waals surface area contributed by atoms with Crippen LogP contribution in [0.2, 0.25) is 0 Å². The zero-order valence-corrected chi connectivity index (χ0v) is 18.3. The number of nitrogens with zero attached hydrogens (tertiary/aromatic N) is 1. The van der Waals surface area contributed by atoms with E-state index in [9.17, 15) is 18.8 Å². The van der Waals surface area contributed by atoms with Gasteiger partial charge in [0.2, 0.25) is 5.91 Å². The third-order valence-corrected chi connectivity index (χ3v) is 5.55. The smallest absolute Gasteiger partial charge is 0.294 e. The lowest BCUT2D eigenvalue weighted by Crippen LogP contribution is -2.36. The topological polar surface area (TPSA) is 84.9 Å².